The summed E-state index contributed by atoms with van der Waals surface area (Å²) in [5, 5.41) is 7.50. The second-order valence-electron chi connectivity index (χ2n) is 6.17. The monoisotopic (exact) mass is 343 g/mol. The van der Waals surface area contributed by atoms with Gasteiger partial charge in [0.25, 0.3) is 5.91 Å². The lowest BCUT2D eigenvalue weighted by Crippen LogP contribution is -2.33. The van der Waals surface area contributed by atoms with Gasteiger partial charge in [0.15, 0.2) is 0 Å². The number of aromatic nitrogens is 2. The lowest BCUT2D eigenvalue weighted by molar-refractivity contribution is -0.117. The molecule has 0 radical (unpaired) electrons. The Kier molecular flexibility index (Phi) is 4.44. The number of aromatic amines is 1. The fraction of sp³-hybridized carbons (Fsp3) is 0.412. The van der Waals surface area contributed by atoms with Gasteiger partial charge in [-0.3, -0.25) is 4.79 Å². The number of thioether (sulfide) groups is 1. The third-order valence-corrected chi connectivity index (χ3v) is 5.54. The van der Waals surface area contributed by atoms with Gasteiger partial charge >= 0.3 is 0 Å². The Morgan fingerprint density at radius 2 is 2.42 bits per heavy atom. The van der Waals surface area contributed by atoms with E-state index in [1.54, 1.807) is 18.0 Å². The molecule has 1 amide bonds. The average Bonchev–Trinajstić information content (AvgIpc) is 3.30. The fourth-order valence-electron chi connectivity index (χ4n) is 3.22. The highest BCUT2D eigenvalue weighted by atomic mass is 32.2. The number of rotatable bonds is 4. The molecule has 0 aromatic carbocycles. The molecule has 2 aromatic rings. The molecule has 3 N–H and O–H groups in total. The number of hydrogen-bond acceptors (Lipinski definition) is 5. The minimum atomic E-state index is 0.0379. The molecule has 0 aliphatic carbocycles. The first-order valence-corrected chi connectivity index (χ1v) is 9.32. The predicted octanol–water partition coefficient (Wildman–Crippen LogP) is 1.68. The van der Waals surface area contributed by atoms with E-state index in [0.29, 0.717) is 5.92 Å². The van der Waals surface area contributed by atoms with Gasteiger partial charge in [-0.15, -0.1) is 11.8 Å². The predicted molar refractivity (Wildman–Crippen MR) is 98.0 cm³/mol. The first-order chi connectivity index (χ1) is 11.8. The summed E-state index contributed by atoms with van der Waals surface area (Å²) in [4.78, 5) is 22.9. The van der Waals surface area contributed by atoms with Crippen molar-refractivity contribution in [2.75, 3.05) is 36.8 Å². The largest absolute Gasteiger partial charge is 0.351 e. The molecule has 2 aliphatic heterocycles. The summed E-state index contributed by atoms with van der Waals surface area (Å²) in [5.41, 5.74) is 1.96. The van der Waals surface area contributed by atoms with Crippen molar-refractivity contribution >= 4 is 34.4 Å². The molecule has 0 unspecified atom stereocenters. The van der Waals surface area contributed by atoms with Crippen LogP contribution >= 0.6 is 11.8 Å². The van der Waals surface area contributed by atoms with E-state index in [1.165, 1.54) is 0 Å². The van der Waals surface area contributed by atoms with Crippen LogP contribution in [0.15, 0.2) is 35.6 Å². The van der Waals surface area contributed by atoms with Gasteiger partial charge in [-0.2, -0.15) is 0 Å². The molecule has 2 aliphatic rings. The van der Waals surface area contributed by atoms with Crippen molar-refractivity contribution in [2.24, 2.45) is 5.92 Å². The number of H-pyrrole nitrogens is 1. The molecule has 1 atom stereocenters. The van der Waals surface area contributed by atoms with Crippen LogP contribution in [0.2, 0.25) is 0 Å². The van der Waals surface area contributed by atoms with Crippen molar-refractivity contribution in [1.82, 2.24) is 20.6 Å². The first-order valence-electron chi connectivity index (χ1n) is 8.33. The van der Waals surface area contributed by atoms with E-state index >= 15 is 0 Å². The highest BCUT2D eigenvalue weighted by Gasteiger charge is 2.21. The summed E-state index contributed by atoms with van der Waals surface area (Å²) in [6, 6.07) is 4.03. The topological polar surface area (TPSA) is 73.1 Å². The zero-order valence-corrected chi connectivity index (χ0v) is 14.2. The summed E-state index contributed by atoms with van der Waals surface area (Å²) >= 11 is 1.63. The van der Waals surface area contributed by atoms with Gasteiger partial charge in [-0.25, -0.2) is 4.98 Å². The number of anilines is 1. The smallest absolute Gasteiger partial charge is 0.259 e. The SMILES string of the molecule is O=C(NC[C@H]1CCNC1)C1=CN(c2ccnc3[nH]ccc23)CCS1. The highest BCUT2D eigenvalue weighted by molar-refractivity contribution is 8.04. The molecule has 4 rings (SSSR count). The Labute approximate surface area is 145 Å². The van der Waals surface area contributed by atoms with Gasteiger partial charge in [0.05, 0.1) is 10.6 Å². The summed E-state index contributed by atoms with van der Waals surface area (Å²) in [7, 11) is 0. The second kappa shape index (κ2) is 6.86. The maximum Gasteiger partial charge on any atom is 0.259 e. The summed E-state index contributed by atoms with van der Waals surface area (Å²) in [5.74, 6) is 1.49. The summed E-state index contributed by atoms with van der Waals surface area (Å²) in [6.45, 7) is 3.70. The van der Waals surface area contributed by atoms with E-state index in [-0.39, 0.29) is 5.91 Å². The molecule has 1 saturated heterocycles. The zero-order valence-electron chi connectivity index (χ0n) is 13.4. The Hall–Kier alpha value is -1.99. The molecule has 7 heteroatoms. The van der Waals surface area contributed by atoms with Crippen molar-refractivity contribution < 1.29 is 4.79 Å². The summed E-state index contributed by atoms with van der Waals surface area (Å²) in [6.07, 6.45) is 6.81. The Morgan fingerprint density at radius 1 is 1.46 bits per heavy atom. The number of carbonyl (C=O) groups excluding carboxylic acids is 1. The third-order valence-electron chi connectivity index (χ3n) is 4.55. The standard InChI is InChI=1S/C17H21N5OS/c23-17(21-10-12-1-4-18-9-12)15-11-22(7-8-24-15)14-3-6-20-16-13(14)2-5-19-16/h2-3,5-6,11-12,18H,1,4,7-10H2,(H,19,20)(H,21,23)/t12-/m0/s1. The highest BCUT2D eigenvalue weighted by Crippen LogP contribution is 2.30. The van der Waals surface area contributed by atoms with Gasteiger partial charge in [0, 0.05) is 42.8 Å². The molecule has 0 bridgehead atoms. The maximum absolute atomic E-state index is 12.5. The van der Waals surface area contributed by atoms with Crippen LogP contribution in [0.5, 0.6) is 0 Å². The first kappa shape index (κ1) is 15.5. The number of pyridine rings is 1. The normalized spacial score (nSPS) is 21.1. The Morgan fingerprint density at radius 3 is 3.29 bits per heavy atom. The number of fused-ring (bicyclic) bond motifs is 1. The zero-order chi connectivity index (χ0) is 16.4. The molecule has 1 fully saturated rings. The molecule has 4 heterocycles. The van der Waals surface area contributed by atoms with Gasteiger partial charge in [-0.1, -0.05) is 0 Å². The molecule has 24 heavy (non-hydrogen) atoms. The van der Waals surface area contributed by atoms with Crippen LogP contribution in [0.4, 0.5) is 5.69 Å². The molecular formula is C17H21N5OS. The molecular weight excluding hydrogens is 322 g/mol. The summed E-state index contributed by atoms with van der Waals surface area (Å²) < 4.78 is 0. The number of hydrogen-bond donors (Lipinski definition) is 3. The third kappa shape index (κ3) is 3.14. The Balaban J connectivity index is 1.50. The maximum atomic E-state index is 12.5. The lowest BCUT2D eigenvalue weighted by Gasteiger charge is -2.26. The van der Waals surface area contributed by atoms with Crippen molar-refractivity contribution in [1.29, 1.82) is 0 Å². The number of nitrogens with zero attached hydrogens (tertiary/aromatic N) is 2. The van der Waals surface area contributed by atoms with Crippen LogP contribution in [-0.4, -0.2) is 47.8 Å². The van der Waals surface area contributed by atoms with Crippen molar-refractivity contribution in [3.05, 3.63) is 35.6 Å². The lowest BCUT2D eigenvalue weighted by atomic mass is 10.1. The van der Waals surface area contributed by atoms with Crippen LogP contribution in [0.3, 0.4) is 0 Å². The van der Waals surface area contributed by atoms with Gasteiger partial charge in [0.2, 0.25) is 0 Å². The van der Waals surface area contributed by atoms with Gasteiger partial charge < -0.3 is 20.5 Å². The number of nitrogens with one attached hydrogen (secondary N) is 3. The van der Waals surface area contributed by atoms with Crippen molar-refractivity contribution in [3.63, 3.8) is 0 Å². The molecule has 6 nitrogen and oxygen atoms in total. The van der Waals surface area contributed by atoms with Crippen LogP contribution in [0.1, 0.15) is 6.42 Å². The van der Waals surface area contributed by atoms with Crippen LogP contribution < -0.4 is 15.5 Å². The van der Waals surface area contributed by atoms with E-state index in [1.807, 2.05) is 24.5 Å². The molecule has 0 spiro atoms. The van der Waals surface area contributed by atoms with Gasteiger partial charge in [-0.05, 0) is 37.6 Å². The van der Waals surface area contributed by atoms with E-state index in [4.69, 9.17) is 0 Å². The van der Waals surface area contributed by atoms with Crippen LogP contribution in [-0.2, 0) is 4.79 Å². The minimum Gasteiger partial charge on any atom is -0.351 e. The van der Waals surface area contributed by atoms with Gasteiger partial charge in [0.1, 0.15) is 5.65 Å². The average molecular weight is 343 g/mol. The van der Waals surface area contributed by atoms with Crippen LogP contribution in [0.25, 0.3) is 11.0 Å². The second-order valence-corrected chi connectivity index (χ2v) is 7.31. The van der Waals surface area contributed by atoms with E-state index in [0.717, 1.165) is 60.0 Å². The minimum absolute atomic E-state index is 0.0379. The quantitative estimate of drug-likeness (QED) is 0.788. The molecule has 0 saturated carbocycles. The van der Waals surface area contributed by atoms with Crippen LogP contribution in [0, 0.1) is 5.92 Å². The van der Waals surface area contributed by atoms with Crippen molar-refractivity contribution in [3.8, 4) is 0 Å². The number of amides is 1. The Bertz CT molecular complexity index is 765. The molecule has 2 aromatic heterocycles. The fourth-order valence-corrected chi connectivity index (χ4v) is 4.13. The van der Waals surface area contributed by atoms with Crippen molar-refractivity contribution in [2.45, 2.75) is 6.42 Å². The molecule has 126 valence electrons. The van der Waals surface area contributed by atoms with E-state index in [9.17, 15) is 4.79 Å². The van der Waals surface area contributed by atoms with E-state index < -0.39 is 0 Å². The van der Waals surface area contributed by atoms with E-state index in [2.05, 4.69) is 25.5 Å². The number of carbonyl (C=O) groups is 1.